The Labute approximate surface area is 331 Å². The largest absolute Gasteiger partial charge is 0.490 e. The molecule has 0 saturated carbocycles. The zero-order chi connectivity index (χ0) is 40.9. The van der Waals surface area contributed by atoms with Crippen LogP contribution in [0.4, 0.5) is 43.0 Å². The topological polar surface area (TPSA) is 165 Å². The summed E-state index contributed by atoms with van der Waals surface area (Å²) >= 11 is 0.666. The van der Waals surface area contributed by atoms with E-state index in [2.05, 4.69) is 29.8 Å². The van der Waals surface area contributed by atoms with Crippen LogP contribution >= 0.6 is 11.3 Å². The number of thiophene rings is 1. The van der Waals surface area contributed by atoms with E-state index in [1.807, 2.05) is 6.07 Å². The van der Waals surface area contributed by atoms with E-state index in [1.165, 1.54) is 44.7 Å². The molecule has 2 saturated heterocycles. The Hall–Kier alpha value is -6.00. The van der Waals surface area contributed by atoms with Gasteiger partial charge in [0.15, 0.2) is 5.82 Å². The molecule has 0 radical (unpaired) electrons. The standard InChI is InChI=1S/C32H22F5N9O2S.C7H12FN/c1-47-31-44-25-22-26(23(32(35,36)37)21(24(25)34)16-4-5-18(33)27-20(16)17(12-38)29(40)49-27)48-10-9-46(30(22)45-31)19(11-14-13-41-7-8-42-14)15-3-2-6-43-28(15)39;8-6-4-7-2-1-3-9(7)5-6/h2-8,13,19H,9-11,40H2,1H3,(H2,39,43);6-7H,1-5H2/t19-;/m1./s1. The number of ether oxygens (including phenoxy) is 2. The summed E-state index contributed by atoms with van der Waals surface area (Å²) in [5, 5.41) is 9.04. The lowest BCUT2D eigenvalue weighted by Crippen LogP contribution is -2.34. The highest BCUT2D eigenvalue weighted by atomic mass is 32.1. The fourth-order valence-electron chi connectivity index (χ4n) is 8.15. The van der Waals surface area contributed by atoms with E-state index in [4.69, 9.17) is 20.9 Å². The fraction of sp³-hybridized carbons (Fsp3) is 0.333. The van der Waals surface area contributed by atoms with Crippen molar-refractivity contribution < 1.29 is 35.8 Å². The van der Waals surface area contributed by atoms with E-state index in [1.54, 1.807) is 17.0 Å². The Balaban J connectivity index is 0.000000456. The average Bonchev–Trinajstić information content (AvgIpc) is 3.85. The molecule has 0 spiro atoms. The van der Waals surface area contributed by atoms with Crippen LogP contribution < -0.4 is 25.8 Å². The number of hydrogen-bond acceptors (Lipinski definition) is 13. The molecule has 2 fully saturated rings. The zero-order valence-electron chi connectivity index (χ0n) is 30.7. The van der Waals surface area contributed by atoms with E-state index in [0.717, 1.165) is 25.1 Å². The molecule has 9 rings (SSSR count). The average molecular weight is 821 g/mol. The molecule has 3 aliphatic heterocycles. The highest BCUT2D eigenvalue weighted by Gasteiger charge is 2.44. The molecule has 0 aliphatic carbocycles. The maximum Gasteiger partial charge on any atom is 0.420 e. The first kappa shape index (κ1) is 38.9. The minimum atomic E-state index is -5.23. The van der Waals surface area contributed by atoms with Gasteiger partial charge in [-0.25, -0.2) is 18.2 Å². The van der Waals surface area contributed by atoms with Gasteiger partial charge in [0.05, 0.1) is 41.0 Å². The molecule has 2 aromatic carbocycles. The van der Waals surface area contributed by atoms with Crippen molar-refractivity contribution in [2.24, 2.45) is 0 Å². The van der Waals surface area contributed by atoms with Crippen LogP contribution in [0.15, 0.2) is 49.1 Å². The lowest BCUT2D eigenvalue weighted by molar-refractivity contribution is -0.138. The number of nitriles is 1. The number of nitrogens with two attached hydrogens (primary N) is 2. The van der Waals surface area contributed by atoms with Crippen molar-refractivity contribution in [2.75, 3.05) is 49.7 Å². The van der Waals surface area contributed by atoms with Crippen LogP contribution in [0.1, 0.15) is 47.7 Å². The molecule has 300 valence electrons. The van der Waals surface area contributed by atoms with Crippen molar-refractivity contribution in [1.29, 1.82) is 5.26 Å². The van der Waals surface area contributed by atoms with E-state index >= 15 is 17.6 Å². The number of nitrogen functional groups attached to an aromatic ring is 2. The number of rotatable bonds is 6. The molecule has 0 bridgehead atoms. The van der Waals surface area contributed by atoms with Gasteiger partial charge in [-0.2, -0.15) is 28.4 Å². The quantitative estimate of drug-likeness (QED) is 0.160. The molecular formula is C39H34F6N10O2S. The van der Waals surface area contributed by atoms with Gasteiger partial charge in [0, 0.05) is 60.3 Å². The summed E-state index contributed by atoms with van der Waals surface area (Å²) in [6.07, 6.45) is 3.72. The number of halogens is 6. The number of alkyl halides is 4. The van der Waals surface area contributed by atoms with Crippen molar-refractivity contribution in [3.63, 3.8) is 0 Å². The Morgan fingerprint density at radius 2 is 1.91 bits per heavy atom. The van der Waals surface area contributed by atoms with Crippen molar-refractivity contribution in [1.82, 2.24) is 29.8 Å². The Kier molecular flexibility index (Phi) is 10.3. The molecule has 3 aliphatic rings. The number of methoxy groups -OCH3 is 1. The van der Waals surface area contributed by atoms with Crippen LogP contribution in [0.3, 0.4) is 0 Å². The third-order valence-electron chi connectivity index (χ3n) is 10.6. The zero-order valence-corrected chi connectivity index (χ0v) is 31.5. The number of aromatic nitrogens is 5. The van der Waals surface area contributed by atoms with Gasteiger partial charge in [0.1, 0.15) is 58.1 Å². The molecule has 4 N–H and O–H groups in total. The molecule has 58 heavy (non-hydrogen) atoms. The highest BCUT2D eigenvalue weighted by molar-refractivity contribution is 7.23. The van der Waals surface area contributed by atoms with Crippen LogP contribution in [0.5, 0.6) is 11.8 Å². The van der Waals surface area contributed by atoms with Crippen LogP contribution in [0.2, 0.25) is 0 Å². The summed E-state index contributed by atoms with van der Waals surface area (Å²) < 4.78 is 102. The molecule has 4 aromatic heterocycles. The maximum atomic E-state index is 17.1. The van der Waals surface area contributed by atoms with Gasteiger partial charge in [-0.15, -0.1) is 11.3 Å². The summed E-state index contributed by atoms with van der Waals surface area (Å²) in [7, 11) is 1.22. The third-order valence-corrected chi connectivity index (χ3v) is 11.6. The second-order valence-corrected chi connectivity index (χ2v) is 15.0. The Morgan fingerprint density at radius 3 is 2.62 bits per heavy atom. The molecule has 2 unspecified atom stereocenters. The van der Waals surface area contributed by atoms with Crippen LogP contribution in [0, 0.1) is 23.0 Å². The van der Waals surface area contributed by atoms with E-state index in [-0.39, 0.29) is 63.3 Å². The number of anilines is 3. The number of hydrogen-bond donors (Lipinski definition) is 2. The van der Waals surface area contributed by atoms with Gasteiger partial charge in [-0.3, -0.25) is 14.9 Å². The Bertz CT molecular complexity index is 2560. The first-order chi connectivity index (χ1) is 27.9. The van der Waals surface area contributed by atoms with Crippen molar-refractivity contribution >= 4 is 49.0 Å². The molecule has 3 atom stereocenters. The van der Waals surface area contributed by atoms with Crippen LogP contribution in [-0.2, 0) is 12.6 Å². The fourth-order valence-corrected chi connectivity index (χ4v) is 9.10. The predicted octanol–water partition coefficient (Wildman–Crippen LogP) is 7.41. The van der Waals surface area contributed by atoms with Crippen LogP contribution in [-0.4, -0.2) is 75.4 Å². The lowest BCUT2D eigenvalue weighted by atomic mass is 9.91. The lowest BCUT2D eigenvalue weighted by Gasteiger charge is -2.32. The Morgan fingerprint density at radius 1 is 1.09 bits per heavy atom. The molecule has 6 aromatic rings. The van der Waals surface area contributed by atoms with E-state index in [9.17, 15) is 14.0 Å². The molecule has 12 nitrogen and oxygen atoms in total. The second kappa shape index (κ2) is 15.4. The van der Waals surface area contributed by atoms with Gasteiger partial charge in [-0.05, 0) is 43.5 Å². The molecule has 7 heterocycles. The van der Waals surface area contributed by atoms with Gasteiger partial charge >= 0.3 is 12.2 Å². The number of fused-ring (bicyclic) bond motifs is 2. The summed E-state index contributed by atoms with van der Waals surface area (Å²) in [5.74, 6) is -3.02. The molecule has 19 heteroatoms. The van der Waals surface area contributed by atoms with Gasteiger partial charge in [0.25, 0.3) is 0 Å². The second-order valence-electron chi connectivity index (χ2n) is 14.0. The maximum absolute atomic E-state index is 17.1. The van der Waals surface area contributed by atoms with Gasteiger partial charge in [0.2, 0.25) is 0 Å². The third kappa shape index (κ3) is 6.89. The number of benzene rings is 2. The van der Waals surface area contributed by atoms with Gasteiger partial charge in [-0.1, -0.05) is 12.1 Å². The first-order valence-electron chi connectivity index (χ1n) is 18.2. The normalized spacial score (nSPS) is 18.3. The first-order valence-corrected chi connectivity index (χ1v) is 19.0. The SMILES string of the molecule is COc1nc2c3c(c(C(F)(F)F)c(-c4ccc(F)c5sc(N)c(C#N)c45)c(F)c3n1)OCCN2[C@H](Cc1cnccn1)c1cccnc1N.FC1CC2CCCN2C1. The van der Waals surface area contributed by atoms with Gasteiger partial charge < -0.3 is 25.8 Å². The number of nitrogens with zero attached hydrogens (tertiary/aromatic N) is 8. The minimum Gasteiger partial charge on any atom is -0.490 e. The monoisotopic (exact) mass is 820 g/mol. The summed E-state index contributed by atoms with van der Waals surface area (Å²) in [6.45, 7) is 1.47. The number of pyridine rings is 1. The summed E-state index contributed by atoms with van der Waals surface area (Å²) in [4.78, 5) is 25.2. The van der Waals surface area contributed by atoms with E-state index < -0.39 is 58.0 Å². The van der Waals surface area contributed by atoms with Crippen molar-refractivity contribution in [3.8, 4) is 29.0 Å². The van der Waals surface area contributed by atoms with Crippen molar-refractivity contribution in [2.45, 2.75) is 50.1 Å². The minimum absolute atomic E-state index is 0.0576. The molecular weight excluding hydrogens is 787 g/mol. The smallest absolute Gasteiger partial charge is 0.420 e. The predicted molar refractivity (Wildman–Crippen MR) is 205 cm³/mol. The summed E-state index contributed by atoms with van der Waals surface area (Å²) in [5.41, 5.74) is 9.50. The highest BCUT2D eigenvalue weighted by Crippen LogP contribution is 2.54. The van der Waals surface area contributed by atoms with Crippen molar-refractivity contribution in [3.05, 3.63) is 83.1 Å². The van der Waals surface area contributed by atoms with Crippen LogP contribution in [0.25, 0.3) is 32.1 Å². The summed E-state index contributed by atoms with van der Waals surface area (Å²) in [6, 6.07) is 6.52. The van der Waals surface area contributed by atoms with E-state index in [0.29, 0.717) is 35.2 Å². The molecule has 0 amide bonds.